The van der Waals surface area contributed by atoms with Gasteiger partial charge in [-0.1, -0.05) is 5.16 Å². The summed E-state index contributed by atoms with van der Waals surface area (Å²) in [4.78, 5) is 6.30. The molecule has 72 valence electrons. The standard InChI is InChI=1S/C8H14N4O/c1-9-7-2-3-12(4-7)5-8-10-6-11-13-8/h6-7,9H,2-5H2,1H3. The predicted molar refractivity (Wildman–Crippen MR) is 47.0 cm³/mol. The van der Waals surface area contributed by atoms with E-state index in [1.54, 1.807) is 0 Å². The highest BCUT2D eigenvalue weighted by molar-refractivity contribution is 4.83. The molecule has 0 amide bonds. The Morgan fingerprint density at radius 3 is 3.31 bits per heavy atom. The molecule has 1 aromatic heterocycles. The molecule has 1 N–H and O–H groups in total. The molecule has 0 radical (unpaired) electrons. The van der Waals surface area contributed by atoms with E-state index in [9.17, 15) is 0 Å². The van der Waals surface area contributed by atoms with Crippen LogP contribution in [0, 0.1) is 0 Å². The summed E-state index contributed by atoms with van der Waals surface area (Å²) in [6, 6.07) is 0.614. The topological polar surface area (TPSA) is 54.2 Å². The fourth-order valence-electron chi connectivity index (χ4n) is 1.67. The third kappa shape index (κ3) is 2.05. The summed E-state index contributed by atoms with van der Waals surface area (Å²) < 4.78 is 4.94. The van der Waals surface area contributed by atoms with Crippen molar-refractivity contribution < 1.29 is 4.52 Å². The summed E-state index contributed by atoms with van der Waals surface area (Å²) in [6.45, 7) is 2.95. The second-order valence-corrected chi connectivity index (χ2v) is 3.34. The lowest BCUT2D eigenvalue weighted by Crippen LogP contribution is -2.29. The SMILES string of the molecule is CNC1CCN(Cc2ncno2)C1. The van der Waals surface area contributed by atoms with Gasteiger partial charge in [0.1, 0.15) is 0 Å². The zero-order valence-electron chi connectivity index (χ0n) is 7.73. The van der Waals surface area contributed by atoms with Crippen molar-refractivity contribution in [3.05, 3.63) is 12.2 Å². The number of hydrogen-bond donors (Lipinski definition) is 1. The molecule has 1 fully saturated rings. The third-order valence-corrected chi connectivity index (χ3v) is 2.45. The molecule has 1 aliphatic rings. The molecule has 1 saturated heterocycles. The fourth-order valence-corrected chi connectivity index (χ4v) is 1.67. The van der Waals surface area contributed by atoms with Crippen molar-refractivity contribution >= 4 is 0 Å². The van der Waals surface area contributed by atoms with E-state index < -0.39 is 0 Å². The number of hydrogen-bond acceptors (Lipinski definition) is 5. The molecular formula is C8H14N4O. The molecule has 1 atom stereocenters. The Balaban J connectivity index is 1.84. The average molecular weight is 182 g/mol. The molecule has 13 heavy (non-hydrogen) atoms. The second kappa shape index (κ2) is 3.85. The average Bonchev–Trinajstić information content (AvgIpc) is 2.76. The molecule has 0 aromatic carbocycles. The van der Waals surface area contributed by atoms with E-state index in [-0.39, 0.29) is 0 Å². The molecule has 5 heteroatoms. The van der Waals surface area contributed by atoms with Gasteiger partial charge in [0.2, 0.25) is 5.89 Å². The van der Waals surface area contributed by atoms with Gasteiger partial charge in [0.15, 0.2) is 6.33 Å². The molecule has 1 aliphatic heterocycles. The molecule has 2 heterocycles. The minimum Gasteiger partial charge on any atom is -0.338 e. The summed E-state index contributed by atoms with van der Waals surface area (Å²) in [7, 11) is 2.00. The number of nitrogens with one attached hydrogen (secondary N) is 1. The minimum atomic E-state index is 0.614. The molecule has 0 aliphatic carbocycles. The first-order valence-electron chi connectivity index (χ1n) is 4.53. The molecule has 5 nitrogen and oxygen atoms in total. The van der Waals surface area contributed by atoms with Gasteiger partial charge in [-0.05, 0) is 13.5 Å². The quantitative estimate of drug-likeness (QED) is 0.705. The third-order valence-electron chi connectivity index (χ3n) is 2.45. The monoisotopic (exact) mass is 182 g/mol. The van der Waals surface area contributed by atoms with E-state index in [1.165, 1.54) is 12.7 Å². The van der Waals surface area contributed by atoms with Crippen molar-refractivity contribution in [2.24, 2.45) is 0 Å². The largest absolute Gasteiger partial charge is 0.338 e. The fraction of sp³-hybridized carbons (Fsp3) is 0.750. The van der Waals surface area contributed by atoms with E-state index in [2.05, 4.69) is 20.4 Å². The Kier molecular flexibility index (Phi) is 2.56. The molecule has 0 saturated carbocycles. The molecule has 2 rings (SSSR count). The van der Waals surface area contributed by atoms with Gasteiger partial charge in [0, 0.05) is 19.1 Å². The Labute approximate surface area is 77.1 Å². The first kappa shape index (κ1) is 8.65. The van der Waals surface area contributed by atoms with Crippen molar-refractivity contribution in [1.82, 2.24) is 20.4 Å². The Bertz CT molecular complexity index is 249. The maximum atomic E-state index is 4.94. The number of aromatic nitrogens is 2. The van der Waals surface area contributed by atoms with E-state index in [1.807, 2.05) is 7.05 Å². The van der Waals surface area contributed by atoms with Crippen molar-refractivity contribution in [2.75, 3.05) is 20.1 Å². The summed E-state index contributed by atoms with van der Waals surface area (Å²) in [6.07, 6.45) is 2.64. The zero-order chi connectivity index (χ0) is 9.10. The maximum Gasteiger partial charge on any atom is 0.240 e. The maximum absolute atomic E-state index is 4.94. The van der Waals surface area contributed by atoms with Gasteiger partial charge in [-0.2, -0.15) is 4.98 Å². The van der Waals surface area contributed by atoms with Crippen LogP contribution in [0.3, 0.4) is 0 Å². The van der Waals surface area contributed by atoms with Crippen LogP contribution in [0.5, 0.6) is 0 Å². The summed E-state index contributed by atoms with van der Waals surface area (Å²) in [5, 5.41) is 6.84. The second-order valence-electron chi connectivity index (χ2n) is 3.34. The molecule has 1 aromatic rings. The number of likely N-dealkylation sites (N-methyl/N-ethyl adjacent to an activating group) is 1. The first-order valence-corrected chi connectivity index (χ1v) is 4.53. The van der Waals surface area contributed by atoms with Crippen molar-refractivity contribution in [3.63, 3.8) is 0 Å². The van der Waals surface area contributed by atoms with Gasteiger partial charge in [-0.15, -0.1) is 0 Å². The van der Waals surface area contributed by atoms with E-state index in [0.29, 0.717) is 11.9 Å². The zero-order valence-corrected chi connectivity index (χ0v) is 7.73. The first-order chi connectivity index (χ1) is 6.38. The van der Waals surface area contributed by atoms with Crippen LogP contribution < -0.4 is 5.32 Å². The van der Waals surface area contributed by atoms with Crippen molar-refractivity contribution in [3.8, 4) is 0 Å². The highest BCUT2D eigenvalue weighted by Crippen LogP contribution is 2.11. The molecule has 0 spiro atoms. The summed E-state index contributed by atoms with van der Waals surface area (Å²) in [5.74, 6) is 0.705. The van der Waals surface area contributed by atoms with Crippen molar-refractivity contribution in [2.45, 2.75) is 19.0 Å². The van der Waals surface area contributed by atoms with Crippen LogP contribution in [-0.2, 0) is 6.54 Å². The van der Waals surface area contributed by atoms with Crippen molar-refractivity contribution in [1.29, 1.82) is 0 Å². The Hall–Kier alpha value is -0.940. The predicted octanol–water partition coefficient (Wildman–Crippen LogP) is -0.137. The minimum absolute atomic E-state index is 0.614. The number of likely N-dealkylation sites (tertiary alicyclic amines) is 1. The number of rotatable bonds is 3. The highest BCUT2D eigenvalue weighted by Gasteiger charge is 2.21. The van der Waals surface area contributed by atoms with Crippen LogP contribution >= 0.6 is 0 Å². The van der Waals surface area contributed by atoms with Crippen LogP contribution in [0.4, 0.5) is 0 Å². The van der Waals surface area contributed by atoms with Gasteiger partial charge in [-0.3, -0.25) is 4.90 Å². The summed E-state index contributed by atoms with van der Waals surface area (Å²) >= 11 is 0. The van der Waals surface area contributed by atoms with Crippen LogP contribution in [0.15, 0.2) is 10.9 Å². The smallest absolute Gasteiger partial charge is 0.240 e. The molecule has 1 unspecified atom stereocenters. The Morgan fingerprint density at radius 2 is 2.69 bits per heavy atom. The van der Waals surface area contributed by atoms with Gasteiger partial charge in [0.05, 0.1) is 6.54 Å². The lowest BCUT2D eigenvalue weighted by Gasteiger charge is -2.12. The van der Waals surface area contributed by atoms with Crippen LogP contribution in [0.1, 0.15) is 12.3 Å². The highest BCUT2D eigenvalue weighted by atomic mass is 16.5. The van der Waals surface area contributed by atoms with E-state index in [0.717, 1.165) is 19.6 Å². The normalized spacial score (nSPS) is 23.9. The lowest BCUT2D eigenvalue weighted by molar-refractivity contribution is 0.263. The van der Waals surface area contributed by atoms with E-state index in [4.69, 9.17) is 4.52 Å². The van der Waals surface area contributed by atoms with Gasteiger partial charge >= 0.3 is 0 Å². The molecule has 0 bridgehead atoms. The van der Waals surface area contributed by atoms with Crippen LogP contribution in [0.2, 0.25) is 0 Å². The van der Waals surface area contributed by atoms with Gasteiger partial charge < -0.3 is 9.84 Å². The summed E-state index contributed by atoms with van der Waals surface area (Å²) in [5.41, 5.74) is 0. The van der Waals surface area contributed by atoms with Gasteiger partial charge in [0.25, 0.3) is 0 Å². The lowest BCUT2D eigenvalue weighted by atomic mass is 10.3. The molecular weight excluding hydrogens is 168 g/mol. The van der Waals surface area contributed by atoms with Crippen LogP contribution in [-0.4, -0.2) is 41.2 Å². The van der Waals surface area contributed by atoms with Crippen LogP contribution in [0.25, 0.3) is 0 Å². The Morgan fingerprint density at radius 1 is 1.77 bits per heavy atom. The van der Waals surface area contributed by atoms with E-state index >= 15 is 0 Å². The van der Waals surface area contributed by atoms with Gasteiger partial charge in [-0.25, -0.2) is 0 Å². The number of nitrogens with zero attached hydrogens (tertiary/aromatic N) is 3.